The predicted octanol–water partition coefficient (Wildman–Crippen LogP) is 2.62. The topological polar surface area (TPSA) is 105 Å². The van der Waals surface area contributed by atoms with Gasteiger partial charge >= 0.3 is 6.03 Å². The van der Waals surface area contributed by atoms with Gasteiger partial charge in [-0.3, -0.25) is 10.1 Å². The van der Waals surface area contributed by atoms with Crippen LogP contribution in [-0.2, 0) is 4.79 Å². The van der Waals surface area contributed by atoms with Gasteiger partial charge in [0.1, 0.15) is 5.75 Å². The summed E-state index contributed by atoms with van der Waals surface area (Å²) in [7, 11) is 1.61. The molecule has 8 nitrogen and oxygen atoms in total. The highest BCUT2D eigenvalue weighted by molar-refractivity contribution is 8.01. The minimum absolute atomic E-state index is 0.0322. The molecule has 2 rings (SSSR count). The second-order valence-electron chi connectivity index (χ2n) is 5.19. The van der Waals surface area contributed by atoms with Crippen molar-refractivity contribution in [3.8, 4) is 5.75 Å². The van der Waals surface area contributed by atoms with Gasteiger partial charge in [-0.05, 0) is 38.1 Å². The van der Waals surface area contributed by atoms with Gasteiger partial charge in [-0.1, -0.05) is 23.1 Å². The van der Waals surface area contributed by atoms with Crippen molar-refractivity contribution in [2.24, 2.45) is 0 Å². The monoisotopic (exact) mass is 381 g/mol. The van der Waals surface area contributed by atoms with Crippen LogP contribution in [-0.4, -0.2) is 41.0 Å². The molecule has 0 fully saturated rings. The zero-order valence-corrected chi connectivity index (χ0v) is 15.7. The van der Waals surface area contributed by atoms with Gasteiger partial charge in [0.15, 0.2) is 4.34 Å². The van der Waals surface area contributed by atoms with Crippen LogP contribution in [0.3, 0.4) is 0 Å². The number of amides is 3. The van der Waals surface area contributed by atoms with Gasteiger partial charge in [-0.15, -0.1) is 10.2 Å². The maximum atomic E-state index is 11.7. The van der Waals surface area contributed by atoms with Crippen LogP contribution in [0.1, 0.15) is 13.8 Å². The maximum absolute atomic E-state index is 11.7. The number of benzene rings is 1. The Morgan fingerprint density at radius 1 is 1.24 bits per heavy atom. The van der Waals surface area contributed by atoms with Crippen molar-refractivity contribution < 1.29 is 14.3 Å². The number of aromatic nitrogens is 2. The van der Waals surface area contributed by atoms with E-state index in [1.807, 2.05) is 38.1 Å². The molecule has 0 atom stereocenters. The molecule has 3 amide bonds. The first-order chi connectivity index (χ1) is 12.0. The summed E-state index contributed by atoms with van der Waals surface area (Å²) in [6.07, 6.45) is 0. The van der Waals surface area contributed by atoms with Crippen molar-refractivity contribution in [2.75, 3.05) is 18.2 Å². The molecule has 3 N–H and O–H groups in total. The van der Waals surface area contributed by atoms with Crippen molar-refractivity contribution in [1.29, 1.82) is 0 Å². The molecule has 0 saturated carbocycles. The van der Waals surface area contributed by atoms with Crippen molar-refractivity contribution >= 4 is 45.9 Å². The Morgan fingerprint density at radius 2 is 1.96 bits per heavy atom. The Balaban J connectivity index is 1.80. The summed E-state index contributed by atoms with van der Waals surface area (Å²) in [6.45, 7) is 3.63. The Labute approximate surface area is 153 Å². The van der Waals surface area contributed by atoms with Crippen molar-refractivity contribution in [2.45, 2.75) is 24.2 Å². The fourth-order valence-corrected chi connectivity index (χ4v) is 3.28. The number of nitrogens with one attached hydrogen (secondary N) is 3. The molecule has 0 spiro atoms. The largest absolute Gasteiger partial charge is 0.497 e. The van der Waals surface area contributed by atoms with Crippen molar-refractivity contribution in [3.05, 3.63) is 24.3 Å². The normalized spacial score (nSPS) is 10.4. The van der Waals surface area contributed by atoms with Crippen LogP contribution in [0.2, 0.25) is 0 Å². The van der Waals surface area contributed by atoms with E-state index >= 15 is 0 Å². The number of hydrogen-bond acceptors (Lipinski definition) is 8. The summed E-state index contributed by atoms with van der Waals surface area (Å²) in [5.74, 6) is 0.470. The molecule has 0 saturated heterocycles. The first-order valence-electron chi connectivity index (χ1n) is 7.44. The average Bonchev–Trinajstić information content (AvgIpc) is 3.00. The highest BCUT2D eigenvalue weighted by Crippen LogP contribution is 2.28. The quantitative estimate of drug-likeness (QED) is 0.633. The second kappa shape index (κ2) is 9.23. The minimum Gasteiger partial charge on any atom is -0.497 e. The van der Waals surface area contributed by atoms with Crippen LogP contribution in [0.15, 0.2) is 28.6 Å². The molecule has 0 aliphatic rings. The minimum atomic E-state index is -0.500. The number of rotatable bonds is 7. The highest BCUT2D eigenvalue weighted by atomic mass is 32.2. The van der Waals surface area contributed by atoms with E-state index in [-0.39, 0.29) is 17.7 Å². The third-order valence-corrected chi connectivity index (χ3v) is 4.72. The van der Waals surface area contributed by atoms with Gasteiger partial charge in [0, 0.05) is 11.7 Å². The lowest BCUT2D eigenvalue weighted by molar-refractivity contribution is -0.117. The zero-order chi connectivity index (χ0) is 18.2. The lowest BCUT2D eigenvalue weighted by Gasteiger charge is -2.08. The fraction of sp³-hybridized carbons (Fsp3) is 0.333. The number of nitrogens with zero attached hydrogens (tertiary/aromatic N) is 2. The Bertz CT molecular complexity index is 718. The van der Waals surface area contributed by atoms with Crippen LogP contribution in [0.4, 0.5) is 15.6 Å². The first kappa shape index (κ1) is 19.0. The number of ether oxygens (including phenoxy) is 1. The second-order valence-corrected chi connectivity index (χ2v) is 7.39. The van der Waals surface area contributed by atoms with Crippen LogP contribution in [0.5, 0.6) is 5.75 Å². The van der Waals surface area contributed by atoms with E-state index in [9.17, 15) is 9.59 Å². The number of hydrogen-bond donors (Lipinski definition) is 3. The van der Waals surface area contributed by atoms with E-state index in [0.29, 0.717) is 9.47 Å². The molecule has 10 heteroatoms. The number of carbonyl (C=O) groups excluding carboxylic acids is 2. The molecule has 1 aromatic heterocycles. The van der Waals surface area contributed by atoms with Gasteiger partial charge in [0.05, 0.1) is 12.9 Å². The third kappa shape index (κ3) is 6.59. The zero-order valence-electron chi connectivity index (χ0n) is 14.0. The van der Waals surface area contributed by atoms with Crippen LogP contribution in [0, 0.1) is 0 Å². The molecule has 0 aliphatic carbocycles. The van der Waals surface area contributed by atoms with E-state index in [1.165, 1.54) is 23.1 Å². The molecule has 25 heavy (non-hydrogen) atoms. The van der Waals surface area contributed by atoms with Crippen molar-refractivity contribution in [3.63, 3.8) is 0 Å². The van der Waals surface area contributed by atoms with Gasteiger partial charge in [0.25, 0.3) is 0 Å². The number of urea groups is 1. The molecule has 1 heterocycles. The van der Waals surface area contributed by atoms with Crippen LogP contribution < -0.4 is 20.7 Å². The molecule has 1 aromatic carbocycles. The Hall–Kier alpha value is -2.33. The molecule has 0 radical (unpaired) electrons. The number of thioether (sulfide) groups is 1. The number of methoxy groups -OCH3 is 1. The van der Waals surface area contributed by atoms with E-state index in [4.69, 9.17) is 4.74 Å². The number of anilines is 2. The molecular weight excluding hydrogens is 362 g/mol. The fourth-order valence-electron chi connectivity index (χ4n) is 1.70. The predicted molar refractivity (Wildman–Crippen MR) is 98.7 cm³/mol. The van der Waals surface area contributed by atoms with Gasteiger partial charge in [0.2, 0.25) is 11.0 Å². The average molecular weight is 381 g/mol. The van der Waals surface area contributed by atoms with Crippen molar-refractivity contribution in [1.82, 2.24) is 20.8 Å². The maximum Gasteiger partial charge on any atom is 0.321 e. The summed E-state index contributed by atoms with van der Waals surface area (Å²) in [5, 5.41) is 16.6. The number of carbonyl (C=O) groups is 2. The summed E-state index contributed by atoms with van der Waals surface area (Å²) in [6, 6.07) is 6.88. The van der Waals surface area contributed by atoms with E-state index < -0.39 is 6.03 Å². The van der Waals surface area contributed by atoms with E-state index in [2.05, 4.69) is 26.1 Å². The summed E-state index contributed by atoms with van der Waals surface area (Å²) >= 11 is 2.55. The lowest BCUT2D eigenvalue weighted by Crippen LogP contribution is -2.43. The highest BCUT2D eigenvalue weighted by Gasteiger charge is 2.11. The van der Waals surface area contributed by atoms with E-state index in [0.717, 1.165) is 11.4 Å². The molecule has 0 bridgehead atoms. The van der Waals surface area contributed by atoms with E-state index in [1.54, 1.807) is 7.11 Å². The smallest absolute Gasteiger partial charge is 0.321 e. The molecule has 2 aromatic rings. The van der Waals surface area contributed by atoms with Crippen LogP contribution >= 0.6 is 23.1 Å². The third-order valence-electron chi connectivity index (χ3n) is 2.75. The first-order valence-corrected chi connectivity index (χ1v) is 9.24. The molecule has 134 valence electrons. The summed E-state index contributed by atoms with van der Waals surface area (Å²) in [5.41, 5.74) is 0.858. The summed E-state index contributed by atoms with van der Waals surface area (Å²) in [4.78, 5) is 23.1. The SMILES string of the molecule is COc1ccc(Nc2nnc(SCC(=O)NC(=O)NC(C)C)s2)cc1. The molecular formula is C15H19N5O3S2. The van der Waals surface area contributed by atoms with Gasteiger partial charge in [-0.25, -0.2) is 4.79 Å². The van der Waals surface area contributed by atoms with Crippen LogP contribution in [0.25, 0.3) is 0 Å². The van der Waals surface area contributed by atoms with Gasteiger partial charge < -0.3 is 15.4 Å². The number of imide groups is 1. The summed E-state index contributed by atoms with van der Waals surface area (Å²) < 4.78 is 5.74. The lowest BCUT2D eigenvalue weighted by atomic mass is 10.3. The molecule has 0 aliphatic heterocycles. The Morgan fingerprint density at radius 3 is 2.60 bits per heavy atom. The standard InChI is InChI=1S/C15H19N5O3S2/c1-9(2)16-13(22)18-12(21)8-24-15-20-19-14(25-15)17-10-4-6-11(23-3)7-5-10/h4-7,9H,8H2,1-3H3,(H,17,19)(H2,16,18,21,22). The molecule has 0 unspecified atom stereocenters. The van der Waals surface area contributed by atoms with Gasteiger partial charge in [-0.2, -0.15) is 0 Å². The Kier molecular flexibility index (Phi) is 7.02.